The molecule has 0 aromatic heterocycles. The zero-order valence-corrected chi connectivity index (χ0v) is 18.8. The van der Waals surface area contributed by atoms with Gasteiger partial charge in [0.15, 0.2) is 0 Å². The molecule has 1 fully saturated rings. The van der Waals surface area contributed by atoms with Crippen LogP contribution in [0.25, 0.3) is 0 Å². The quantitative estimate of drug-likeness (QED) is 0.498. The molecule has 0 radical (unpaired) electrons. The van der Waals surface area contributed by atoms with Crippen LogP contribution in [-0.2, 0) is 16.0 Å². The lowest BCUT2D eigenvalue weighted by Gasteiger charge is -2.28. The van der Waals surface area contributed by atoms with Crippen LogP contribution in [0.2, 0.25) is 0 Å². The molecule has 2 atom stereocenters. The van der Waals surface area contributed by atoms with Gasteiger partial charge in [-0.25, -0.2) is 0 Å². The first kappa shape index (κ1) is 22.7. The molecule has 31 heavy (non-hydrogen) atoms. The summed E-state index contributed by atoms with van der Waals surface area (Å²) in [5, 5.41) is 9.76. The van der Waals surface area contributed by atoms with Gasteiger partial charge in [0.1, 0.15) is 24.0 Å². The van der Waals surface area contributed by atoms with Crippen LogP contribution in [0.3, 0.4) is 0 Å². The van der Waals surface area contributed by atoms with Crippen LogP contribution in [-0.4, -0.2) is 65.7 Å². The first-order valence-electron chi connectivity index (χ1n) is 10.3. The summed E-state index contributed by atoms with van der Waals surface area (Å²) in [6.07, 6.45) is 1.23. The third-order valence-corrected chi connectivity index (χ3v) is 5.72. The standard InChI is InChI=1S/C23H32N4O4/c1-24-15-11-18(25-2)17(19(12-15)26-3)9-10-27-16(13-28)14-31-23(27)22-20(29-4)7-6-8-21(22)30-5/h6-8,11-13,16,23-26H,9-10,14H2,1-5H3. The average molecular weight is 429 g/mol. The van der Waals surface area contributed by atoms with Crippen molar-refractivity contribution >= 4 is 23.3 Å². The minimum atomic E-state index is -0.436. The van der Waals surface area contributed by atoms with Crippen molar-refractivity contribution in [2.24, 2.45) is 0 Å². The van der Waals surface area contributed by atoms with E-state index >= 15 is 0 Å². The predicted octanol–water partition coefficient (Wildman–Crippen LogP) is 2.97. The summed E-state index contributed by atoms with van der Waals surface area (Å²) < 4.78 is 17.2. The molecule has 2 unspecified atom stereocenters. The molecule has 3 N–H and O–H groups in total. The lowest BCUT2D eigenvalue weighted by Crippen LogP contribution is -2.36. The molecular weight excluding hydrogens is 396 g/mol. The number of anilines is 3. The van der Waals surface area contributed by atoms with Gasteiger partial charge in [-0.1, -0.05) is 6.07 Å². The maximum Gasteiger partial charge on any atom is 0.144 e. The fourth-order valence-corrected chi connectivity index (χ4v) is 4.10. The molecule has 1 aliphatic heterocycles. The highest BCUT2D eigenvalue weighted by molar-refractivity contribution is 5.73. The molecular formula is C23H32N4O4. The van der Waals surface area contributed by atoms with Gasteiger partial charge in [0.05, 0.1) is 32.4 Å². The van der Waals surface area contributed by atoms with Crippen molar-refractivity contribution in [3.05, 3.63) is 41.5 Å². The van der Waals surface area contributed by atoms with E-state index in [-0.39, 0.29) is 6.04 Å². The maximum atomic E-state index is 11.8. The minimum Gasteiger partial charge on any atom is -0.496 e. The van der Waals surface area contributed by atoms with E-state index in [1.54, 1.807) is 14.2 Å². The topological polar surface area (TPSA) is 84.1 Å². The summed E-state index contributed by atoms with van der Waals surface area (Å²) in [6, 6.07) is 9.44. The number of nitrogens with zero attached hydrogens (tertiary/aromatic N) is 1. The Morgan fingerprint density at radius 3 is 2.16 bits per heavy atom. The second-order valence-electron chi connectivity index (χ2n) is 7.25. The average Bonchev–Trinajstić information content (AvgIpc) is 3.23. The zero-order chi connectivity index (χ0) is 22.4. The molecule has 8 nitrogen and oxygen atoms in total. The van der Waals surface area contributed by atoms with Gasteiger partial charge in [0.25, 0.3) is 0 Å². The van der Waals surface area contributed by atoms with E-state index in [4.69, 9.17) is 14.2 Å². The Morgan fingerprint density at radius 2 is 1.68 bits per heavy atom. The van der Waals surface area contributed by atoms with Crippen LogP contribution < -0.4 is 25.4 Å². The van der Waals surface area contributed by atoms with Gasteiger partial charge in [-0.3, -0.25) is 4.90 Å². The summed E-state index contributed by atoms with van der Waals surface area (Å²) in [7, 11) is 8.96. The van der Waals surface area contributed by atoms with E-state index in [2.05, 4.69) is 33.0 Å². The molecule has 0 bridgehead atoms. The van der Waals surface area contributed by atoms with Gasteiger partial charge in [-0.2, -0.15) is 0 Å². The van der Waals surface area contributed by atoms with E-state index < -0.39 is 6.23 Å². The summed E-state index contributed by atoms with van der Waals surface area (Å²) in [5.74, 6) is 1.34. The molecule has 2 aromatic carbocycles. The van der Waals surface area contributed by atoms with Gasteiger partial charge in [0.2, 0.25) is 0 Å². The maximum absolute atomic E-state index is 11.8. The number of carbonyl (C=O) groups excluding carboxylic acids is 1. The van der Waals surface area contributed by atoms with E-state index in [9.17, 15) is 4.79 Å². The van der Waals surface area contributed by atoms with Crippen LogP contribution in [0.15, 0.2) is 30.3 Å². The molecule has 0 spiro atoms. The molecule has 0 saturated carbocycles. The molecule has 3 rings (SSSR count). The smallest absolute Gasteiger partial charge is 0.144 e. The molecule has 1 heterocycles. The number of carbonyl (C=O) groups is 1. The summed E-state index contributed by atoms with van der Waals surface area (Å²) in [4.78, 5) is 13.9. The minimum absolute atomic E-state index is 0.325. The SMILES string of the molecule is CNc1cc(NC)c(CCN2C(C=O)COC2c2c(OC)cccc2OC)c(NC)c1. The van der Waals surface area contributed by atoms with E-state index in [0.717, 1.165) is 40.9 Å². The first-order valence-corrected chi connectivity index (χ1v) is 10.3. The van der Waals surface area contributed by atoms with Crippen molar-refractivity contribution < 1.29 is 19.0 Å². The van der Waals surface area contributed by atoms with E-state index in [0.29, 0.717) is 24.7 Å². The van der Waals surface area contributed by atoms with Crippen molar-refractivity contribution in [3.8, 4) is 11.5 Å². The highest BCUT2D eigenvalue weighted by atomic mass is 16.5. The van der Waals surface area contributed by atoms with Gasteiger partial charge < -0.3 is 35.0 Å². The highest BCUT2D eigenvalue weighted by Gasteiger charge is 2.38. The molecule has 1 saturated heterocycles. The van der Waals surface area contributed by atoms with Crippen LogP contribution in [0.4, 0.5) is 17.1 Å². The number of ether oxygens (including phenoxy) is 3. The van der Waals surface area contributed by atoms with Crippen LogP contribution in [0.5, 0.6) is 11.5 Å². The molecule has 168 valence electrons. The van der Waals surface area contributed by atoms with Crippen LogP contribution in [0, 0.1) is 0 Å². The van der Waals surface area contributed by atoms with E-state index in [1.807, 2.05) is 39.3 Å². The summed E-state index contributed by atoms with van der Waals surface area (Å²) in [5.41, 5.74) is 5.02. The lowest BCUT2D eigenvalue weighted by atomic mass is 10.0. The second kappa shape index (κ2) is 10.4. The fraction of sp³-hybridized carbons (Fsp3) is 0.435. The highest BCUT2D eigenvalue weighted by Crippen LogP contribution is 2.41. The van der Waals surface area contributed by atoms with Crippen molar-refractivity contribution in [2.45, 2.75) is 18.7 Å². The zero-order valence-electron chi connectivity index (χ0n) is 18.8. The number of methoxy groups -OCH3 is 2. The third kappa shape index (κ3) is 4.55. The Bertz CT molecular complexity index is 858. The largest absolute Gasteiger partial charge is 0.496 e. The molecule has 0 amide bonds. The van der Waals surface area contributed by atoms with Crippen LogP contribution >= 0.6 is 0 Å². The van der Waals surface area contributed by atoms with Gasteiger partial charge in [-0.15, -0.1) is 0 Å². The number of aldehydes is 1. The van der Waals surface area contributed by atoms with Crippen molar-refractivity contribution in [3.63, 3.8) is 0 Å². The first-order chi connectivity index (χ1) is 15.1. The monoisotopic (exact) mass is 428 g/mol. The predicted molar refractivity (Wildman–Crippen MR) is 124 cm³/mol. The summed E-state index contributed by atoms with van der Waals surface area (Å²) in [6.45, 7) is 0.948. The Balaban J connectivity index is 1.94. The molecule has 2 aromatic rings. The van der Waals surface area contributed by atoms with Gasteiger partial charge in [-0.05, 0) is 36.2 Å². The van der Waals surface area contributed by atoms with Gasteiger partial charge >= 0.3 is 0 Å². The number of nitrogens with one attached hydrogen (secondary N) is 3. The summed E-state index contributed by atoms with van der Waals surface area (Å²) >= 11 is 0. The van der Waals surface area contributed by atoms with Crippen molar-refractivity contribution in [2.75, 3.05) is 64.5 Å². The Morgan fingerprint density at radius 1 is 1.06 bits per heavy atom. The Labute approximate surface area is 183 Å². The number of benzene rings is 2. The van der Waals surface area contributed by atoms with Crippen LogP contribution in [0.1, 0.15) is 17.4 Å². The molecule has 8 heteroatoms. The molecule has 0 aliphatic carbocycles. The number of hydrogen-bond acceptors (Lipinski definition) is 8. The number of rotatable bonds is 10. The van der Waals surface area contributed by atoms with Gasteiger partial charge in [0, 0.05) is 44.7 Å². The lowest BCUT2D eigenvalue weighted by molar-refractivity contribution is -0.111. The third-order valence-electron chi connectivity index (χ3n) is 5.72. The second-order valence-corrected chi connectivity index (χ2v) is 7.25. The van der Waals surface area contributed by atoms with Crippen molar-refractivity contribution in [1.82, 2.24) is 4.90 Å². The van der Waals surface area contributed by atoms with Crippen molar-refractivity contribution in [1.29, 1.82) is 0 Å². The molecule has 1 aliphatic rings. The fourth-order valence-electron chi connectivity index (χ4n) is 4.10. The van der Waals surface area contributed by atoms with E-state index in [1.165, 1.54) is 0 Å². The Kier molecular flexibility index (Phi) is 7.59. The number of hydrogen-bond donors (Lipinski definition) is 3. The Hall–Kier alpha value is -2.97. The normalized spacial score (nSPS) is 18.5.